The fourth-order valence-corrected chi connectivity index (χ4v) is 1.76. The van der Waals surface area contributed by atoms with Crippen LogP contribution in [-0.4, -0.2) is 28.2 Å². The number of rotatable bonds is 6. The van der Waals surface area contributed by atoms with Gasteiger partial charge in [-0.1, -0.05) is 32.8 Å². The number of hydrogen-bond acceptors (Lipinski definition) is 5. The fourth-order valence-electron chi connectivity index (χ4n) is 1.76. The maximum Gasteiger partial charge on any atom is 0.312 e. The predicted molar refractivity (Wildman–Crippen MR) is 63.7 cm³/mol. The molecular weight excluding hydrogens is 204 g/mol. The van der Waals surface area contributed by atoms with Gasteiger partial charge in [0.2, 0.25) is 5.89 Å². The highest BCUT2D eigenvalue weighted by Gasteiger charge is 2.13. The number of nitrogens with two attached hydrogens (primary N) is 1. The third-order valence-electron chi connectivity index (χ3n) is 2.09. The molecule has 0 spiro atoms. The summed E-state index contributed by atoms with van der Waals surface area (Å²) in [5, 5.41) is 7.55. The van der Waals surface area contributed by atoms with Crippen molar-refractivity contribution in [1.29, 1.82) is 0 Å². The normalized spacial score (nSPS) is 11.9. The Morgan fingerprint density at radius 1 is 1.12 bits per heavy atom. The van der Waals surface area contributed by atoms with Crippen molar-refractivity contribution >= 4 is 6.01 Å². The third kappa shape index (κ3) is 4.61. The van der Waals surface area contributed by atoms with E-state index in [9.17, 15) is 0 Å². The van der Waals surface area contributed by atoms with E-state index in [1.54, 1.807) is 0 Å². The Kier molecular flexibility index (Phi) is 4.73. The van der Waals surface area contributed by atoms with E-state index >= 15 is 0 Å². The van der Waals surface area contributed by atoms with Crippen LogP contribution >= 0.6 is 0 Å². The van der Waals surface area contributed by atoms with E-state index in [-0.39, 0.29) is 6.01 Å². The second-order valence-corrected chi connectivity index (χ2v) is 5.02. The molecule has 1 heterocycles. The average Bonchev–Trinajstić information content (AvgIpc) is 2.48. The first kappa shape index (κ1) is 13.0. The van der Waals surface area contributed by atoms with Crippen LogP contribution in [0.2, 0.25) is 0 Å². The molecule has 0 aromatic carbocycles. The summed E-state index contributed by atoms with van der Waals surface area (Å²) < 4.78 is 5.19. The van der Waals surface area contributed by atoms with Gasteiger partial charge in [-0.3, -0.25) is 4.90 Å². The highest BCUT2D eigenvalue weighted by atomic mass is 16.4. The van der Waals surface area contributed by atoms with E-state index in [0.717, 1.165) is 13.1 Å². The van der Waals surface area contributed by atoms with Crippen LogP contribution in [0.3, 0.4) is 0 Å². The van der Waals surface area contributed by atoms with Crippen molar-refractivity contribution in [3.63, 3.8) is 0 Å². The molecule has 0 aliphatic carbocycles. The molecule has 16 heavy (non-hydrogen) atoms. The summed E-state index contributed by atoms with van der Waals surface area (Å²) in [6, 6.07) is 0.143. The predicted octanol–water partition coefficient (Wildman–Crippen LogP) is 1.77. The van der Waals surface area contributed by atoms with Gasteiger partial charge in [-0.2, -0.15) is 0 Å². The van der Waals surface area contributed by atoms with Crippen molar-refractivity contribution in [3.05, 3.63) is 5.89 Å². The maximum atomic E-state index is 5.40. The summed E-state index contributed by atoms with van der Waals surface area (Å²) in [7, 11) is 0. The summed E-state index contributed by atoms with van der Waals surface area (Å²) in [5.41, 5.74) is 5.40. The molecule has 0 aliphatic rings. The second kappa shape index (κ2) is 5.84. The van der Waals surface area contributed by atoms with Crippen LogP contribution in [0.15, 0.2) is 4.42 Å². The van der Waals surface area contributed by atoms with Gasteiger partial charge < -0.3 is 10.2 Å². The Morgan fingerprint density at radius 3 is 2.06 bits per heavy atom. The molecule has 1 aromatic rings. The molecule has 0 unspecified atom stereocenters. The van der Waals surface area contributed by atoms with E-state index in [0.29, 0.717) is 24.3 Å². The zero-order chi connectivity index (χ0) is 12.1. The minimum absolute atomic E-state index is 0.143. The van der Waals surface area contributed by atoms with Gasteiger partial charge in [0, 0.05) is 13.1 Å². The lowest BCUT2D eigenvalue weighted by atomic mass is 10.1. The van der Waals surface area contributed by atoms with Crippen LogP contribution in [0.25, 0.3) is 0 Å². The summed E-state index contributed by atoms with van der Waals surface area (Å²) in [5.74, 6) is 1.84. The van der Waals surface area contributed by atoms with Crippen LogP contribution in [0.5, 0.6) is 0 Å². The van der Waals surface area contributed by atoms with Crippen molar-refractivity contribution in [2.24, 2.45) is 11.8 Å². The molecule has 0 bridgehead atoms. The highest BCUT2D eigenvalue weighted by Crippen LogP contribution is 2.09. The van der Waals surface area contributed by atoms with Gasteiger partial charge in [0.1, 0.15) is 0 Å². The van der Waals surface area contributed by atoms with Crippen LogP contribution in [-0.2, 0) is 6.54 Å². The first-order valence-electron chi connectivity index (χ1n) is 5.77. The molecule has 0 fully saturated rings. The topological polar surface area (TPSA) is 68.2 Å². The lowest BCUT2D eigenvalue weighted by Crippen LogP contribution is -2.31. The van der Waals surface area contributed by atoms with E-state index < -0.39 is 0 Å². The Balaban J connectivity index is 2.55. The van der Waals surface area contributed by atoms with Crippen molar-refractivity contribution in [2.45, 2.75) is 34.2 Å². The summed E-state index contributed by atoms with van der Waals surface area (Å²) in [4.78, 5) is 2.32. The van der Waals surface area contributed by atoms with Crippen LogP contribution < -0.4 is 5.73 Å². The number of aromatic nitrogens is 2. The molecule has 0 saturated heterocycles. The molecule has 2 N–H and O–H groups in total. The first-order chi connectivity index (χ1) is 7.47. The SMILES string of the molecule is CC(C)CN(Cc1nnc(N)o1)CC(C)C. The summed E-state index contributed by atoms with van der Waals surface area (Å²) >= 11 is 0. The summed E-state index contributed by atoms with van der Waals surface area (Å²) in [6.07, 6.45) is 0. The van der Waals surface area contributed by atoms with Crippen LogP contribution in [0.1, 0.15) is 33.6 Å². The van der Waals surface area contributed by atoms with E-state index in [4.69, 9.17) is 10.2 Å². The van der Waals surface area contributed by atoms with E-state index in [1.165, 1.54) is 0 Å². The lowest BCUT2D eigenvalue weighted by molar-refractivity contribution is 0.194. The minimum Gasteiger partial charge on any atom is -0.407 e. The van der Waals surface area contributed by atoms with Crippen molar-refractivity contribution in [1.82, 2.24) is 15.1 Å². The highest BCUT2D eigenvalue weighted by molar-refractivity contribution is 5.04. The van der Waals surface area contributed by atoms with Gasteiger partial charge in [0.15, 0.2) is 0 Å². The van der Waals surface area contributed by atoms with Gasteiger partial charge in [-0.05, 0) is 11.8 Å². The van der Waals surface area contributed by atoms with Gasteiger partial charge >= 0.3 is 6.01 Å². The average molecular weight is 226 g/mol. The molecule has 0 saturated carbocycles. The van der Waals surface area contributed by atoms with Gasteiger partial charge in [-0.15, -0.1) is 5.10 Å². The molecular formula is C11H22N4O. The number of hydrogen-bond donors (Lipinski definition) is 1. The molecule has 5 nitrogen and oxygen atoms in total. The molecule has 0 radical (unpaired) electrons. The second-order valence-electron chi connectivity index (χ2n) is 5.02. The Labute approximate surface area is 97.0 Å². The number of anilines is 1. The molecule has 0 amide bonds. The van der Waals surface area contributed by atoms with Crippen LogP contribution in [0, 0.1) is 11.8 Å². The molecule has 1 rings (SSSR count). The van der Waals surface area contributed by atoms with Crippen molar-refractivity contribution in [2.75, 3.05) is 18.8 Å². The van der Waals surface area contributed by atoms with Crippen molar-refractivity contribution < 1.29 is 4.42 Å². The molecule has 0 atom stereocenters. The fraction of sp³-hybridized carbons (Fsp3) is 0.818. The zero-order valence-electron chi connectivity index (χ0n) is 10.6. The first-order valence-corrected chi connectivity index (χ1v) is 5.77. The van der Waals surface area contributed by atoms with Gasteiger partial charge in [0.25, 0.3) is 0 Å². The van der Waals surface area contributed by atoms with Crippen molar-refractivity contribution in [3.8, 4) is 0 Å². The molecule has 92 valence electrons. The Bertz CT molecular complexity index is 299. The standard InChI is InChI=1S/C11H22N4O/c1-8(2)5-15(6-9(3)4)7-10-13-14-11(12)16-10/h8-9H,5-7H2,1-4H3,(H2,12,14). The molecule has 0 aliphatic heterocycles. The van der Waals surface area contributed by atoms with Gasteiger partial charge in [-0.25, -0.2) is 0 Å². The lowest BCUT2D eigenvalue weighted by Gasteiger charge is -2.24. The molecule has 5 heteroatoms. The van der Waals surface area contributed by atoms with E-state index in [2.05, 4.69) is 42.8 Å². The zero-order valence-corrected chi connectivity index (χ0v) is 10.6. The third-order valence-corrected chi connectivity index (χ3v) is 2.09. The Hall–Kier alpha value is -1.10. The number of nitrogen functional groups attached to an aromatic ring is 1. The maximum absolute atomic E-state index is 5.40. The summed E-state index contributed by atoms with van der Waals surface area (Å²) in [6.45, 7) is 11.6. The quantitative estimate of drug-likeness (QED) is 0.800. The van der Waals surface area contributed by atoms with Crippen LogP contribution in [0.4, 0.5) is 6.01 Å². The largest absolute Gasteiger partial charge is 0.407 e. The molecule has 1 aromatic heterocycles. The van der Waals surface area contributed by atoms with E-state index in [1.807, 2.05) is 0 Å². The minimum atomic E-state index is 0.143. The Morgan fingerprint density at radius 2 is 1.69 bits per heavy atom. The smallest absolute Gasteiger partial charge is 0.312 e. The monoisotopic (exact) mass is 226 g/mol. The number of nitrogens with zero attached hydrogens (tertiary/aromatic N) is 3. The van der Waals surface area contributed by atoms with Gasteiger partial charge in [0.05, 0.1) is 6.54 Å².